The van der Waals surface area contributed by atoms with Gasteiger partial charge in [-0.25, -0.2) is 0 Å². The zero-order valence-corrected chi connectivity index (χ0v) is 6.77. The van der Waals surface area contributed by atoms with Crippen LogP contribution in [0.15, 0.2) is 34.5 Å². The van der Waals surface area contributed by atoms with E-state index in [-0.39, 0.29) is 11.6 Å². The van der Waals surface area contributed by atoms with Gasteiger partial charge in [-0.15, -0.1) is 10.0 Å². The largest absolute Gasteiger partial charge is 0.369 e. The minimum atomic E-state index is -0.110. The zero-order chi connectivity index (χ0) is 9.68. The lowest BCUT2D eigenvalue weighted by molar-refractivity contribution is 1.28. The summed E-state index contributed by atoms with van der Waals surface area (Å²) in [6, 6.07) is 6.62. The van der Waals surface area contributed by atoms with Gasteiger partial charge in [0.05, 0.1) is 5.69 Å². The molecule has 1 aromatic rings. The van der Waals surface area contributed by atoms with Gasteiger partial charge < -0.3 is 11.5 Å². The van der Waals surface area contributed by atoms with Crippen LogP contribution in [-0.2, 0) is 0 Å². The van der Waals surface area contributed by atoms with E-state index in [9.17, 15) is 4.91 Å². The van der Waals surface area contributed by atoms with E-state index in [1.165, 1.54) is 0 Å². The first-order valence-corrected chi connectivity index (χ1v) is 3.51. The lowest BCUT2D eigenvalue weighted by atomic mass is 10.3. The molecule has 5 N–H and O–H groups in total. The second-order valence-corrected chi connectivity index (χ2v) is 2.26. The van der Waals surface area contributed by atoms with E-state index in [1.807, 2.05) is 0 Å². The van der Waals surface area contributed by atoms with Crippen molar-refractivity contribution in [1.82, 2.24) is 0 Å². The number of para-hydroxylation sites is 1. The van der Waals surface area contributed by atoms with Gasteiger partial charge in [-0.2, -0.15) is 0 Å². The molecular formula is C7H9N5O. The van der Waals surface area contributed by atoms with Gasteiger partial charge in [-0.05, 0) is 17.3 Å². The molecule has 1 rings (SSSR count). The molecule has 0 aliphatic carbocycles. The summed E-state index contributed by atoms with van der Waals surface area (Å²) in [5.41, 5.74) is 13.4. The van der Waals surface area contributed by atoms with Crippen molar-refractivity contribution in [3.8, 4) is 0 Å². The molecule has 0 atom stereocenters. The van der Waals surface area contributed by atoms with Crippen LogP contribution in [0.2, 0.25) is 0 Å². The molecule has 68 valence electrons. The van der Waals surface area contributed by atoms with E-state index >= 15 is 0 Å². The van der Waals surface area contributed by atoms with Crippen LogP contribution < -0.4 is 16.9 Å². The fourth-order valence-electron chi connectivity index (χ4n) is 0.773. The Balaban J connectivity index is 2.87. The normalized spacial score (nSPS) is 8.92. The van der Waals surface area contributed by atoms with E-state index < -0.39 is 0 Å². The summed E-state index contributed by atoms with van der Waals surface area (Å²) < 4.78 is 0. The first kappa shape index (κ1) is 8.98. The lowest BCUT2D eigenvalue weighted by Crippen LogP contribution is -2.23. The molecule has 0 aliphatic rings. The highest BCUT2D eigenvalue weighted by atomic mass is 16.3. The van der Waals surface area contributed by atoms with Gasteiger partial charge in [0.25, 0.3) is 0 Å². The molecule has 0 fully saturated rings. The third-order valence-electron chi connectivity index (χ3n) is 1.31. The number of guanidine groups is 1. The quantitative estimate of drug-likeness (QED) is 0.274. The molecule has 0 radical (unpaired) electrons. The molecule has 0 heterocycles. The van der Waals surface area contributed by atoms with Crippen LogP contribution in [-0.4, -0.2) is 5.96 Å². The molecule has 0 spiro atoms. The summed E-state index contributed by atoms with van der Waals surface area (Å²) in [6.45, 7) is 0. The van der Waals surface area contributed by atoms with Gasteiger partial charge in [0, 0.05) is 0 Å². The van der Waals surface area contributed by atoms with Crippen LogP contribution in [0, 0.1) is 4.91 Å². The molecule has 6 heteroatoms. The van der Waals surface area contributed by atoms with Gasteiger partial charge in [-0.1, -0.05) is 12.1 Å². The summed E-state index contributed by atoms with van der Waals surface area (Å²) in [4.78, 5) is 10.3. The Bertz CT molecular complexity index is 331. The Morgan fingerprint density at radius 2 is 2.00 bits per heavy atom. The zero-order valence-electron chi connectivity index (χ0n) is 6.77. The van der Waals surface area contributed by atoms with Crippen LogP contribution in [0.4, 0.5) is 11.4 Å². The number of hydrazone groups is 1. The van der Waals surface area contributed by atoms with Crippen LogP contribution in [0.5, 0.6) is 0 Å². The fourth-order valence-corrected chi connectivity index (χ4v) is 0.773. The maximum absolute atomic E-state index is 10.3. The van der Waals surface area contributed by atoms with Gasteiger partial charge in [0.1, 0.15) is 5.69 Å². The minimum absolute atomic E-state index is 0.110. The first-order chi connectivity index (χ1) is 6.24. The monoisotopic (exact) mass is 179 g/mol. The Labute approximate surface area is 74.6 Å². The predicted octanol–water partition coefficient (Wildman–Crippen LogP) is 0.685. The molecule has 0 amide bonds. The number of nitrogens with two attached hydrogens (primary N) is 2. The van der Waals surface area contributed by atoms with Crippen LogP contribution >= 0.6 is 0 Å². The molecule has 0 saturated heterocycles. The van der Waals surface area contributed by atoms with Crippen molar-refractivity contribution in [1.29, 1.82) is 0 Å². The standard InChI is InChI=1S/C7H9N5O/c8-7(9)11-10-5-3-1-2-4-6(5)12-13/h1-4,10H,(H4,8,9,11). The van der Waals surface area contributed by atoms with E-state index in [2.05, 4.69) is 15.7 Å². The highest BCUT2D eigenvalue weighted by molar-refractivity contribution is 5.77. The number of nitrogens with zero attached hydrogens (tertiary/aromatic N) is 2. The second-order valence-electron chi connectivity index (χ2n) is 2.26. The number of nitroso groups, excluding NO2 is 1. The fraction of sp³-hybridized carbons (Fsp3) is 0. The highest BCUT2D eigenvalue weighted by Crippen LogP contribution is 2.23. The Hall–Kier alpha value is -2.11. The maximum Gasteiger partial charge on any atom is 0.208 e. The first-order valence-electron chi connectivity index (χ1n) is 3.51. The molecule has 1 aromatic carbocycles. The third kappa shape index (κ3) is 2.44. The van der Waals surface area contributed by atoms with E-state index in [1.54, 1.807) is 24.3 Å². The molecule has 0 bridgehead atoms. The topological polar surface area (TPSA) is 106 Å². The van der Waals surface area contributed by atoms with Crippen molar-refractivity contribution < 1.29 is 0 Å². The maximum atomic E-state index is 10.3. The Kier molecular flexibility index (Phi) is 2.80. The second kappa shape index (κ2) is 4.05. The van der Waals surface area contributed by atoms with Crippen molar-refractivity contribution in [2.24, 2.45) is 21.7 Å². The molecule has 0 aliphatic heterocycles. The van der Waals surface area contributed by atoms with Crippen molar-refractivity contribution >= 4 is 17.3 Å². The molecular weight excluding hydrogens is 170 g/mol. The van der Waals surface area contributed by atoms with Crippen molar-refractivity contribution in [3.05, 3.63) is 29.2 Å². The number of nitrogens with one attached hydrogen (secondary N) is 1. The van der Waals surface area contributed by atoms with E-state index in [0.717, 1.165) is 0 Å². The summed E-state index contributed by atoms with van der Waals surface area (Å²) in [7, 11) is 0. The van der Waals surface area contributed by atoms with Crippen molar-refractivity contribution in [2.75, 3.05) is 5.43 Å². The number of benzene rings is 1. The molecule has 0 saturated carbocycles. The molecule has 0 aromatic heterocycles. The molecule has 6 nitrogen and oxygen atoms in total. The van der Waals surface area contributed by atoms with Crippen LogP contribution in [0.25, 0.3) is 0 Å². The minimum Gasteiger partial charge on any atom is -0.369 e. The van der Waals surface area contributed by atoms with E-state index in [0.29, 0.717) is 5.69 Å². The van der Waals surface area contributed by atoms with Gasteiger partial charge in [-0.3, -0.25) is 5.43 Å². The van der Waals surface area contributed by atoms with E-state index in [4.69, 9.17) is 11.5 Å². The Morgan fingerprint density at radius 1 is 1.31 bits per heavy atom. The predicted molar refractivity (Wildman–Crippen MR) is 51.3 cm³/mol. The number of rotatable bonds is 3. The average molecular weight is 179 g/mol. The summed E-state index contributed by atoms with van der Waals surface area (Å²) in [5.74, 6) is -0.110. The SMILES string of the molecule is NC(N)=NNc1ccccc1N=O. The number of hydrogen-bond donors (Lipinski definition) is 3. The summed E-state index contributed by atoms with van der Waals surface area (Å²) in [5, 5.41) is 6.31. The summed E-state index contributed by atoms with van der Waals surface area (Å²) in [6.07, 6.45) is 0. The van der Waals surface area contributed by atoms with Gasteiger partial charge in [0.2, 0.25) is 5.96 Å². The van der Waals surface area contributed by atoms with Crippen molar-refractivity contribution in [3.63, 3.8) is 0 Å². The average Bonchev–Trinajstić information content (AvgIpc) is 2.15. The number of anilines is 1. The third-order valence-corrected chi connectivity index (χ3v) is 1.31. The molecule has 13 heavy (non-hydrogen) atoms. The van der Waals surface area contributed by atoms with Crippen LogP contribution in [0.1, 0.15) is 0 Å². The molecule has 0 unspecified atom stereocenters. The van der Waals surface area contributed by atoms with Crippen LogP contribution in [0.3, 0.4) is 0 Å². The van der Waals surface area contributed by atoms with Crippen molar-refractivity contribution in [2.45, 2.75) is 0 Å². The highest BCUT2D eigenvalue weighted by Gasteiger charge is 1.98. The Morgan fingerprint density at radius 3 is 2.62 bits per heavy atom. The number of hydrogen-bond acceptors (Lipinski definition) is 4. The summed E-state index contributed by atoms with van der Waals surface area (Å²) >= 11 is 0. The van der Waals surface area contributed by atoms with Gasteiger partial charge >= 0.3 is 0 Å². The smallest absolute Gasteiger partial charge is 0.208 e. The lowest BCUT2D eigenvalue weighted by Gasteiger charge is -2.01. The van der Waals surface area contributed by atoms with Gasteiger partial charge in [0.15, 0.2) is 0 Å².